The summed E-state index contributed by atoms with van der Waals surface area (Å²) in [6.45, 7) is 0.880. The van der Waals surface area contributed by atoms with Gasteiger partial charge in [0.05, 0.1) is 6.61 Å². The van der Waals surface area contributed by atoms with Crippen molar-refractivity contribution in [2.24, 2.45) is 0 Å². The molecule has 0 bridgehead atoms. The van der Waals surface area contributed by atoms with Gasteiger partial charge in [0.25, 0.3) is 0 Å². The highest BCUT2D eigenvalue weighted by Gasteiger charge is 2.24. The summed E-state index contributed by atoms with van der Waals surface area (Å²) in [5.41, 5.74) is 3.82. The summed E-state index contributed by atoms with van der Waals surface area (Å²) in [5, 5.41) is 0. The number of epoxide rings is 1. The average molecular weight is 196 g/mol. The Balaban J connectivity index is 1.93. The average Bonchev–Trinajstić information content (AvgIpc) is 3.15. The molecule has 0 spiro atoms. The first kappa shape index (κ1) is 8.69. The van der Waals surface area contributed by atoms with E-state index in [1.165, 1.54) is 16.7 Å². The molecule has 0 aromatic heterocycles. The van der Waals surface area contributed by atoms with Crippen LogP contribution < -0.4 is 0 Å². The van der Waals surface area contributed by atoms with Gasteiger partial charge >= 0.3 is 0 Å². The van der Waals surface area contributed by atoms with E-state index in [9.17, 15) is 0 Å². The molecule has 1 aliphatic heterocycles. The Labute approximate surface area is 89.3 Å². The molecule has 0 aliphatic carbocycles. The zero-order chi connectivity index (χ0) is 10.1. The lowest BCUT2D eigenvalue weighted by atomic mass is 10.0. The third-order valence-electron chi connectivity index (χ3n) is 2.72. The minimum Gasteiger partial charge on any atom is -0.368 e. The van der Waals surface area contributed by atoms with Gasteiger partial charge < -0.3 is 4.74 Å². The zero-order valence-corrected chi connectivity index (χ0v) is 8.39. The first-order valence-corrected chi connectivity index (χ1v) is 5.20. The molecular weight excluding hydrogens is 184 g/mol. The Morgan fingerprint density at radius 3 is 2.00 bits per heavy atom. The lowest BCUT2D eigenvalue weighted by Crippen LogP contribution is -1.81. The fraction of sp³-hybridized carbons (Fsp3) is 0.143. The predicted octanol–water partition coefficient (Wildman–Crippen LogP) is 3.42. The first-order valence-electron chi connectivity index (χ1n) is 5.20. The van der Waals surface area contributed by atoms with Crippen molar-refractivity contribution in [3.05, 3.63) is 60.2 Å². The summed E-state index contributed by atoms with van der Waals surface area (Å²) in [6.07, 6.45) is 0.356. The van der Waals surface area contributed by atoms with Crippen LogP contribution in [0.4, 0.5) is 0 Å². The van der Waals surface area contributed by atoms with E-state index in [0.717, 1.165) is 6.61 Å². The quantitative estimate of drug-likeness (QED) is 0.670. The molecule has 0 saturated carbocycles. The fourth-order valence-electron chi connectivity index (χ4n) is 1.76. The third-order valence-corrected chi connectivity index (χ3v) is 2.72. The van der Waals surface area contributed by atoms with Crippen molar-refractivity contribution in [1.29, 1.82) is 0 Å². The summed E-state index contributed by atoms with van der Waals surface area (Å²) in [4.78, 5) is 0. The maximum atomic E-state index is 5.24. The number of hydrogen-bond donors (Lipinski definition) is 0. The molecule has 15 heavy (non-hydrogen) atoms. The van der Waals surface area contributed by atoms with Crippen molar-refractivity contribution in [2.45, 2.75) is 6.10 Å². The van der Waals surface area contributed by atoms with E-state index in [0.29, 0.717) is 6.10 Å². The van der Waals surface area contributed by atoms with Gasteiger partial charge in [-0.15, -0.1) is 0 Å². The van der Waals surface area contributed by atoms with Crippen LogP contribution in [0, 0.1) is 0 Å². The summed E-state index contributed by atoms with van der Waals surface area (Å²) in [6, 6.07) is 19.0. The molecule has 74 valence electrons. The molecule has 1 saturated heterocycles. The van der Waals surface area contributed by atoms with Crippen molar-refractivity contribution in [3.8, 4) is 11.1 Å². The first-order chi connectivity index (χ1) is 7.43. The van der Waals surface area contributed by atoms with Crippen LogP contribution in [-0.2, 0) is 4.74 Å². The lowest BCUT2D eigenvalue weighted by Gasteiger charge is -2.02. The van der Waals surface area contributed by atoms with E-state index in [4.69, 9.17) is 4.74 Å². The second kappa shape index (κ2) is 3.52. The van der Waals surface area contributed by atoms with Gasteiger partial charge in [0, 0.05) is 0 Å². The summed E-state index contributed by atoms with van der Waals surface area (Å²) >= 11 is 0. The van der Waals surface area contributed by atoms with Gasteiger partial charge in [0.1, 0.15) is 6.10 Å². The summed E-state index contributed by atoms with van der Waals surface area (Å²) in [7, 11) is 0. The minimum absolute atomic E-state index is 0.356. The molecule has 1 heteroatoms. The third kappa shape index (κ3) is 1.79. The molecule has 1 unspecified atom stereocenters. The molecule has 2 aromatic rings. The van der Waals surface area contributed by atoms with Gasteiger partial charge in [-0.05, 0) is 16.7 Å². The van der Waals surface area contributed by atoms with Gasteiger partial charge in [0.2, 0.25) is 0 Å². The number of benzene rings is 2. The number of rotatable bonds is 2. The van der Waals surface area contributed by atoms with Crippen molar-refractivity contribution < 1.29 is 4.74 Å². The molecule has 1 aliphatic rings. The van der Waals surface area contributed by atoms with E-state index in [2.05, 4.69) is 48.5 Å². The highest BCUT2D eigenvalue weighted by molar-refractivity contribution is 5.63. The van der Waals surface area contributed by atoms with Crippen molar-refractivity contribution in [1.82, 2.24) is 0 Å². The van der Waals surface area contributed by atoms with E-state index in [1.54, 1.807) is 0 Å². The highest BCUT2D eigenvalue weighted by atomic mass is 16.6. The molecule has 1 heterocycles. The van der Waals surface area contributed by atoms with Gasteiger partial charge in [-0.25, -0.2) is 0 Å². The summed E-state index contributed by atoms with van der Waals surface area (Å²) in [5.74, 6) is 0. The Morgan fingerprint density at radius 2 is 1.40 bits per heavy atom. The zero-order valence-electron chi connectivity index (χ0n) is 8.39. The Kier molecular flexibility index (Phi) is 2.04. The topological polar surface area (TPSA) is 12.5 Å². The number of hydrogen-bond acceptors (Lipinski definition) is 1. The smallest absolute Gasteiger partial charge is 0.106 e. The van der Waals surface area contributed by atoms with E-state index in [-0.39, 0.29) is 0 Å². The van der Waals surface area contributed by atoms with E-state index >= 15 is 0 Å². The van der Waals surface area contributed by atoms with Crippen molar-refractivity contribution >= 4 is 0 Å². The molecule has 2 aromatic carbocycles. The maximum absolute atomic E-state index is 5.24. The van der Waals surface area contributed by atoms with Gasteiger partial charge in [-0.3, -0.25) is 0 Å². The van der Waals surface area contributed by atoms with Crippen LogP contribution in [0.2, 0.25) is 0 Å². The molecule has 1 fully saturated rings. The van der Waals surface area contributed by atoms with Crippen LogP contribution in [0.5, 0.6) is 0 Å². The second-order valence-electron chi connectivity index (χ2n) is 3.81. The second-order valence-corrected chi connectivity index (χ2v) is 3.81. The Morgan fingerprint density at radius 1 is 0.800 bits per heavy atom. The van der Waals surface area contributed by atoms with Gasteiger partial charge in [0.15, 0.2) is 0 Å². The van der Waals surface area contributed by atoms with Gasteiger partial charge in [-0.1, -0.05) is 54.6 Å². The van der Waals surface area contributed by atoms with Crippen molar-refractivity contribution in [2.75, 3.05) is 6.61 Å². The van der Waals surface area contributed by atoms with Crippen LogP contribution in [0.15, 0.2) is 54.6 Å². The maximum Gasteiger partial charge on any atom is 0.106 e. The fourth-order valence-corrected chi connectivity index (χ4v) is 1.76. The van der Waals surface area contributed by atoms with E-state index in [1.807, 2.05) is 6.07 Å². The molecular formula is C14H12O. The van der Waals surface area contributed by atoms with Crippen LogP contribution in [0.3, 0.4) is 0 Å². The normalized spacial score (nSPS) is 18.8. The largest absolute Gasteiger partial charge is 0.368 e. The van der Waals surface area contributed by atoms with Crippen molar-refractivity contribution in [3.63, 3.8) is 0 Å². The van der Waals surface area contributed by atoms with E-state index < -0.39 is 0 Å². The molecule has 1 nitrogen and oxygen atoms in total. The molecule has 3 rings (SSSR count). The highest BCUT2D eigenvalue weighted by Crippen LogP contribution is 2.31. The minimum atomic E-state index is 0.356. The predicted molar refractivity (Wildman–Crippen MR) is 60.6 cm³/mol. The van der Waals surface area contributed by atoms with Gasteiger partial charge in [-0.2, -0.15) is 0 Å². The summed E-state index contributed by atoms with van der Waals surface area (Å²) < 4.78 is 5.24. The van der Waals surface area contributed by atoms with Crippen LogP contribution >= 0.6 is 0 Å². The standard InChI is InChI=1S/C14H12O/c1-2-4-11(5-3-1)12-6-8-13(9-7-12)14-10-15-14/h1-9,14H,10H2. The monoisotopic (exact) mass is 196 g/mol. The number of ether oxygens (including phenoxy) is 1. The molecule has 0 radical (unpaired) electrons. The van der Waals surface area contributed by atoms with Crippen LogP contribution in [-0.4, -0.2) is 6.61 Å². The Bertz CT molecular complexity index is 441. The SMILES string of the molecule is c1ccc(-c2ccc(C3CO3)cc2)cc1. The molecule has 1 atom stereocenters. The lowest BCUT2D eigenvalue weighted by molar-refractivity contribution is 0.415. The van der Waals surface area contributed by atoms with Crippen LogP contribution in [0.25, 0.3) is 11.1 Å². The Hall–Kier alpha value is -1.60. The molecule has 0 amide bonds. The molecule has 0 N–H and O–H groups in total. The van der Waals surface area contributed by atoms with Crippen LogP contribution in [0.1, 0.15) is 11.7 Å².